The van der Waals surface area contributed by atoms with E-state index in [0.29, 0.717) is 14.8 Å². The molecule has 14 heavy (non-hydrogen) atoms. The minimum absolute atomic E-state index is 0.310. The Kier molecular flexibility index (Phi) is 2.88. The molecule has 0 aliphatic rings. The predicted octanol–water partition coefficient (Wildman–Crippen LogP) is 3.68. The third-order valence-corrected chi connectivity index (χ3v) is 3.98. The van der Waals surface area contributed by atoms with Crippen molar-refractivity contribution in [1.82, 2.24) is 0 Å². The molecule has 0 saturated heterocycles. The standard InChI is InChI=1S/C9H6ClFOS2/c10-9-5(1-3-14-9)7(12)8-6(11)2-4-13-8/h1-4,7,12H. The number of halogens is 2. The third-order valence-electron chi connectivity index (χ3n) is 1.83. The Morgan fingerprint density at radius 1 is 1.29 bits per heavy atom. The maximum absolute atomic E-state index is 13.1. The van der Waals surface area contributed by atoms with Crippen LogP contribution in [-0.4, -0.2) is 5.11 Å². The van der Waals surface area contributed by atoms with Crippen molar-refractivity contribution in [2.75, 3.05) is 0 Å². The molecule has 0 saturated carbocycles. The highest BCUT2D eigenvalue weighted by Gasteiger charge is 2.19. The molecule has 1 N–H and O–H groups in total. The van der Waals surface area contributed by atoms with E-state index in [2.05, 4.69) is 0 Å². The first-order chi connectivity index (χ1) is 6.70. The molecule has 1 nitrogen and oxygen atoms in total. The van der Waals surface area contributed by atoms with Crippen LogP contribution in [0.1, 0.15) is 16.5 Å². The summed E-state index contributed by atoms with van der Waals surface area (Å²) in [5, 5.41) is 13.2. The summed E-state index contributed by atoms with van der Waals surface area (Å²) < 4.78 is 13.6. The van der Waals surface area contributed by atoms with Crippen molar-refractivity contribution < 1.29 is 9.50 Å². The van der Waals surface area contributed by atoms with Crippen molar-refractivity contribution in [3.8, 4) is 0 Å². The first-order valence-corrected chi connectivity index (χ1v) is 5.97. The lowest BCUT2D eigenvalue weighted by molar-refractivity contribution is 0.220. The minimum Gasteiger partial charge on any atom is -0.383 e. The molecule has 1 unspecified atom stereocenters. The van der Waals surface area contributed by atoms with E-state index in [9.17, 15) is 9.50 Å². The first-order valence-electron chi connectivity index (χ1n) is 3.84. The van der Waals surface area contributed by atoms with Gasteiger partial charge in [-0.2, -0.15) is 0 Å². The monoisotopic (exact) mass is 248 g/mol. The van der Waals surface area contributed by atoms with Crippen LogP contribution in [0.4, 0.5) is 4.39 Å². The van der Waals surface area contributed by atoms with Crippen LogP contribution in [0.2, 0.25) is 4.34 Å². The summed E-state index contributed by atoms with van der Waals surface area (Å²) in [6.07, 6.45) is -0.950. The molecule has 0 fully saturated rings. The third kappa shape index (κ3) is 1.70. The second-order valence-electron chi connectivity index (χ2n) is 2.68. The largest absolute Gasteiger partial charge is 0.383 e. The molecule has 0 spiro atoms. The van der Waals surface area contributed by atoms with E-state index < -0.39 is 6.10 Å². The van der Waals surface area contributed by atoms with Gasteiger partial charge in [0.1, 0.15) is 11.9 Å². The Hall–Kier alpha value is -0.420. The SMILES string of the molecule is OC(c1ccsc1Cl)c1sccc1F. The highest BCUT2D eigenvalue weighted by Crippen LogP contribution is 2.35. The van der Waals surface area contributed by atoms with Gasteiger partial charge >= 0.3 is 0 Å². The Labute approximate surface area is 93.4 Å². The van der Waals surface area contributed by atoms with Gasteiger partial charge in [0, 0.05) is 5.56 Å². The van der Waals surface area contributed by atoms with Crippen molar-refractivity contribution in [3.05, 3.63) is 43.5 Å². The fourth-order valence-corrected chi connectivity index (χ4v) is 2.88. The van der Waals surface area contributed by atoms with Gasteiger partial charge < -0.3 is 5.11 Å². The van der Waals surface area contributed by atoms with Crippen LogP contribution < -0.4 is 0 Å². The van der Waals surface area contributed by atoms with Crippen molar-refractivity contribution >= 4 is 34.3 Å². The summed E-state index contributed by atoms with van der Waals surface area (Å²) in [5.41, 5.74) is 0.568. The average molecular weight is 249 g/mol. The second-order valence-corrected chi connectivity index (χ2v) is 5.15. The van der Waals surface area contributed by atoms with Crippen LogP contribution in [-0.2, 0) is 0 Å². The fraction of sp³-hybridized carbons (Fsp3) is 0.111. The molecular weight excluding hydrogens is 243 g/mol. The van der Waals surface area contributed by atoms with Gasteiger partial charge in [-0.05, 0) is 22.9 Å². The summed E-state index contributed by atoms with van der Waals surface area (Å²) >= 11 is 8.35. The van der Waals surface area contributed by atoms with Crippen molar-refractivity contribution in [2.24, 2.45) is 0 Å². The van der Waals surface area contributed by atoms with Crippen LogP contribution in [0.3, 0.4) is 0 Å². The van der Waals surface area contributed by atoms with Crippen LogP contribution >= 0.6 is 34.3 Å². The number of hydrogen-bond acceptors (Lipinski definition) is 3. The lowest BCUT2D eigenvalue weighted by Crippen LogP contribution is -1.97. The highest BCUT2D eigenvalue weighted by atomic mass is 35.5. The van der Waals surface area contributed by atoms with E-state index in [4.69, 9.17) is 11.6 Å². The van der Waals surface area contributed by atoms with Crippen molar-refractivity contribution in [3.63, 3.8) is 0 Å². The van der Waals surface area contributed by atoms with Gasteiger partial charge in [-0.3, -0.25) is 0 Å². The lowest BCUT2D eigenvalue weighted by atomic mass is 10.1. The van der Waals surface area contributed by atoms with Crippen LogP contribution in [0.15, 0.2) is 22.9 Å². The summed E-state index contributed by atoms with van der Waals surface area (Å²) in [7, 11) is 0. The van der Waals surface area contributed by atoms with Gasteiger partial charge in [0.15, 0.2) is 0 Å². The Morgan fingerprint density at radius 3 is 2.50 bits per heavy atom. The molecule has 2 aromatic heterocycles. The van der Waals surface area contributed by atoms with Gasteiger partial charge in [-0.1, -0.05) is 11.6 Å². The number of rotatable bonds is 2. The zero-order valence-corrected chi connectivity index (χ0v) is 9.30. The maximum Gasteiger partial charge on any atom is 0.140 e. The minimum atomic E-state index is -0.950. The van der Waals surface area contributed by atoms with E-state index >= 15 is 0 Å². The molecule has 5 heteroatoms. The molecule has 2 rings (SSSR count). The quantitative estimate of drug-likeness (QED) is 0.860. The highest BCUT2D eigenvalue weighted by molar-refractivity contribution is 7.14. The van der Waals surface area contributed by atoms with Crippen LogP contribution in [0, 0.1) is 5.82 Å². The van der Waals surface area contributed by atoms with Gasteiger partial charge in [-0.15, -0.1) is 22.7 Å². The number of hydrogen-bond donors (Lipinski definition) is 1. The second kappa shape index (κ2) is 3.98. The van der Waals surface area contributed by atoms with Gasteiger partial charge in [0.05, 0.1) is 9.21 Å². The lowest BCUT2D eigenvalue weighted by Gasteiger charge is -2.06. The molecule has 0 radical (unpaired) electrons. The van der Waals surface area contributed by atoms with Crippen LogP contribution in [0.5, 0.6) is 0 Å². The molecule has 1 atom stereocenters. The molecule has 0 aromatic carbocycles. The van der Waals surface area contributed by atoms with E-state index in [1.165, 1.54) is 28.7 Å². The zero-order valence-electron chi connectivity index (χ0n) is 6.91. The van der Waals surface area contributed by atoms with E-state index in [1.54, 1.807) is 16.8 Å². The molecule has 0 bridgehead atoms. The molecule has 2 heterocycles. The molecular formula is C9H6ClFOS2. The maximum atomic E-state index is 13.1. The molecule has 74 valence electrons. The van der Waals surface area contributed by atoms with E-state index in [0.717, 1.165) is 0 Å². The molecule has 0 aliphatic carbocycles. The predicted molar refractivity (Wildman–Crippen MR) is 57.7 cm³/mol. The van der Waals surface area contributed by atoms with E-state index in [1.807, 2.05) is 0 Å². The van der Waals surface area contributed by atoms with Gasteiger partial charge in [0.25, 0.3) is 0 Å². The summed E-state index contributed by atoms with van der Waals surface area (Å²) in [6.45, 7) is 0. The molecule has 0 amide bonds. The van der Waals surface area contributed by atoms with Crippen molar-refractivity contribution in [1.29, 1.82) is 0 Å². The van der Waals surface area contributed by atoms with Crippen molar-refractivity contribution in [2.45, 2.75) is 6.10 Å². The fourth-order valence-electron chi connectivity index (χ4n) is 1.14. The Balaban J connectivity index is 2.38. The summed E-state index contributed by atoms with van der Waals surface area (Å²) in [4.78, 5) is 0.310. The Morgan fingerprint density at radius 2 is 2.00 bits per heavy atom. The Bertz CT molecular complexity index is 397. The smallest absolute Gasteiger partial charge is 0.140 e. The normalized spacial score (nSPS) is 13.1. The number of thiophene rings is 2. The van der Waals surface area contributed by atoms with E-state index in [-0.39, 0.29) is 5.82 Å². The first kappa shape index (κ1) is 10.1. The van der Waals surface area contributed by atoms with Gasteiger partial charge in [0.2, 0.25) is 0 Å². The summed E-state index contributed by atoms with van der Waals surface area (Å²) in [5.74, 6) is -0.384. The molecule has 0 aliphatic heterocycles. The molecule has 2 aromatic rings. The van der Waals surface area contributed by atoms with Crippen LogP contribution in [0.25, 0.3) is 0 Å². The van der Waals surface area contributed by atoms with Gasteiger partial charge in [-0.25, -0.2) is 4.39 Å². The average Bonchev–Trinajstić information content (AvgIpc) is 2.73. The number of aliphatic hydroxyl groups is 1. The topological polar surface area (TPSA) is 20.2 Å². The number of aliphatic hydroxyl groups excluding tert-OH is 1. The zero-order chi connectivity index (χ0) is 10.1. The summed E-state index contributed by atoms with van der Waals surface area (Å²) in [6, 6.07) is 3.04.